The minimum Gasteiger partial charge on any atom is -0.491 e. The van der Waals surface area contributed by atoms with Gasteiger partial charge in [-0.3, -0.25) is 0 Å². The van der Waals surface area contributed by atoms with E-state index in [1.54, 1.807) is 0 Å². The van der Waals surface area contributed by atoms with Crippen molar-refractivity contribution < 1.29 is 14.8 Å². The zero-order valence-corrected chi connectivity index (χ0v) is 13.9. The average molecular weight is 294 g/mol. The van der Waals surface area contributed by atoms with Gasteiger partial charge in [-0.2, -0.15) is 0 Å². The van der Waals surface area contributed by atoms with E-state index in [1.165, 1.54) is 24.9 Å². The zero-order chi connectivity index (χ0) is 15.3. The van der Waals surface area contributed by atoms with E-state index in [4.69, 9.17) is 9.47 Å². The van der Waals surface area contributed by atoms with E-state index in [1.807, 2.05) is 6.07 Å². The van der Waals surface area contributed by atoms with Crippen LogP contribution in [0.5, 0.6) is 5.75 Å². The summed E-state index contributed by atoms with van der Waals surface area (Å²) >= 11 is 0. The first-order valence-electron chi connectivity index (χ1n) is 8.40. The van der Waals surface area contributed by atoms with E-state index < -0.39 is 0 Å². The number of unbranched alkanes of at least 4 members (excludes halogenated alkanes) is 1. The Morgan fingerprint density at radius 1 is 1.05 bits per heavy atom. The molecule has 1 atom stereocenters. The predicted molar refractivity (Wildman–Crippen MR) is 88.0 cm³/mol. The smallest absolute Gasteiger partial charge is 0.122 e. The van der Waals surface area contributed by atoms with E-state index >= 15 is 0 Å². The minimum atomic E-state index is 0.537. The maximum absolute atomic E-state index is 5.87. The Hall–Kier alpha value is -1.06. The third-order valence-corrected chi connectivity index (χ3v) is 3.78. The molecule has 0 aromatic heterocycles. The average Bonchev–Trinajstić information content (AvgIpc) is 2.53. The Labute approximate surface area is 130 Å². The van der Waals surface area contributed by atoms with Crippen LogP contribution in [-0.4, -0.2) is 32.9 Å². The Balaban J connectivity index is 2.15. The van der Waals surface area contributed by atoms with Crippen LogP contribution >= 0.6 is 0 Å². The molecule has 0 aliphatic rings. The molecule has 0 unspecified atom stereocenters. The van der Waals surface area contributed by atoms with Crippen molar-refractivity contribution in [3.05, 3.63) is 29.8 Å². The monoisotopic (exact) mass is 294 g/mol. The maximum Gasteiger partial charge on any atom is 0.122 e. The normalized spacial score (nSPS) is 12.3. The van der Waals surface area contributed by atoms with Crippen LogP contribution in [0.1, 0.15) is 51.5 Å². The third-order valence-electron chi connectivity index (χ3n) is 3.78. The molecule has 0 aliphatic carbocycles. The molecule has 0 fully saturated rings. The van der Waals surface area contributed by atoms with Crippen molar-refractivity contribution in [1.29, 1.82) is 0 Å². The SMILES string of the molecule is CCCC[NH2+]CCOCCOc1ccccc1[C@@H](C)CC. The van der Waals surface area contributed by atoms with E-state index in [0.29, 0.717) is 19.1 Å². The molecule has 0 aliphatic heterocycles. The molecule has 0 amide bonds. The minimum absolute atomic E-state index is 0.537. The molecule has 1 aromatic rings. The highest BCUT2D eigenvalue weighted by atomic mass is 16.5. The van der Waals surface area contributed by atoms with E-state index in [-0.39, 0.29) is 0 Å². The van der Waals surface area contributed by atoms with Gasteiger partial charge < -0.3 is 14.8 Å². The van der Waals surface area contributed by atoms with Crippen LogP contribution < -0.4 is 10.1 Å². The summed E-state index contributed by atoms with van der Waals surface area (Å²) in [5.41, 5.74) is 1.30. The molecule has 0 heterocycles. The van der Waals surface area contributed by atoms with Crippen LogP contribution in [0.4, 0.5) is 0 Å². The van der Waals surface area contributed by atoms with Gasteiger partial charge in [-0.05, 0) is 30.4 Å². The molecular weight excluding hydrogens is 262 g/mol. The zero-order valence-electron chi connectivity index (χ0n) is 13.9. The molecule has 0 saturated heterocycles. The van der Waals surface area contributed by atoms with Crippen molar-refractivity contribution in [2.24, 2.45) is 0 Å². The fraction of sp³-hybridized carbons (Fsp3) is 0.667. The summed E-state index contributed by atoms with van der Waals surface area (Å²) < 4.78 is 11.5. The molecule has 21 heavy (non-hydrogen) atoms. The molecule has 3 nitrogen and oxygen atoms in total. The number of ether oxygens (including phenoxy) is 2. The van der Waals surface area contributed by atoms with E-state index in [9.17, 15) is 0 Å². The molecule has 1 rings (SSSR count). The number of hydrogen-bond donors (Lipinski definition) is 1. The highest BCUT2D eigenvalue weighted by Crippen LogP contribution is 2.28. The summed E-state index contributed by atoms with van der Waals surface area (Å²) in [7, 11) is 0. The first-order valence-corrected chi connectivity index (χ1v) is 8.40. The third kappa shape index (κ3) is 7.49. The lowest BCUT2D eigenvalue weighted by molar-refractivity contribution is -0.656. The topological polar surface area (TPSA) is 35.1 Å². The number of nitrogens with two attached hydrogens (primary N) is 1. The van der Waals surface area contributed by atoms with Crippen molar-refractivity contribution >= 4 is 0 Å². The lowest BCUT2D eigenvalue weighted by Gasteiger charge is -2.15. The van der Waals surface area contributed by atoms with Crippen molar-refractivity contribution in [2.75, 3.05) is 32.9 Å². The Kier molecular flexibility index (Phi) is 9.92. The van der Waals surface area contributed by atoms with Gasteiger partial charge in [0.25, 0.3) is 0 Å². The van der Waals surface area contributed by atoms with E-state index in [2.05, 4.69) is 44.3 Å². The molecule has 0 radical (unpaired) electrons. The molecule has 1 aromatic carbocycles. The summed E-state index contributed by atoms with van der Waals surface area (Å²) in [5.74, 6) is 1.54. The van der Waals surface area contributed by atoms with Gasteiger partial charge in [0.1, 0.15) is 12.4 Å². The van der Waals surface area contributed by atoms with Gasteiger partial charge in [-0.1, -0.05) is 45.4 Å². The lowest BCUT2D eigenvalue weighted by atomic mass is 9.98. The standard InChI is InChI=1S/C18H31NO2/c1-4-6-11-19-12-13-20-14-15-21-18-10-8-7-9-17(18)16(3)5-2/h7-10,16,19H,4-6,11-15H2,1-3H3/p+1/t16-/m0/s1. The van der Waals surface area contributed by atoms with Gasteiger partial charge in [-0.15, -0.1) is 0 Å². The number of rotatable bonds is 12. The summed E-state index contributed by atoms with van der Waals surface area (Å²) in [6.07, 6.45) is 3.68. The Morgan fingerprint density at radius 3 is 2.62 bits per heavy atom. The van der Waals surface area contributed by atoms with Gasteiger partial charge >= 0.3 is 0 Å². The summed E-state index contributed by atoms with van der Waals surface area (Å²) in [4.78, 5) is 0. The second kappa shape index (κ2) is 11.6. The molecule has 3 heteroatoms. The van der Waals surface area contributed by atoms with Crippen LogP contribution in [-0.2, 0) is 4.74 Å². The lowest BCUT2D eigenvalue weighted by Crippen LogP contribution is -2.85. The number of quaternary nitrogens is 1. The number of benzene rings is 1. The van der Waals surface area contributed by atoms with Crippen LogP contribution in [0.15, 0.2) is 24.3 Å². The van der Waals surface area contributed by atoms with Gasteiger partial charge in [0.15, 0.2) is 0 Å². The molecule has 0 bridgehead atoms. The number of para-hydroxylation sites is 1. The largest absolute Gasteiger partial charge is 0.491 e. The van der Waals surface area contributed by atoms with Crippen molar-refractivity contribution in [1.82, 2.24) is 0 Å². The summed E-state index contributed by atoms with van der Waals surface area (Å²) in [6.45, 7) is 11.0. The quantitative estimate of drug-likeness (QED) is 0.602. The fourth-order valence-electron chi connectivity index (χ4n) is 2.21. The number of hydrogen-bond acceptors (Lipinski definition) is 2. The van der Waals surface area contributed by atoms with Crippen LogP contribution in [0.25, 0.3) is 0 Å². The fourth-order valence-corrected chi connectivity index (χ4v) is 2.21. The highest BCUT2D eigenvalue weighted by Gasteiger charge is 2.09. The summed E-state index contributed by atoms with van der Waals surface area (Å²) in [5, 5.41) is 2.32. The molecule has 0 saturated carbocycles. The predicted octanol–water partition coefficient (Wildman–Crippen LogP) is 2.96. The van der Waals surface area contributed by atoms with Gasteiger partial charge in [0.2, 0.25) is 0 Å². The highest BCUT2D eigenvalue weighted by molar-refractivity contribution is 5.35. The van der Waals surface area contributed by atoms with Gasteiger partial charge in [0.05, 0.1) is 26.3 Å². The van der Waals surface area contributed by atoms with Gasteiger partial charge in [0, 0.05) is 0 Å². The van der Waals surface area contributed by atoms with Crippen molar-refractivity contribution in [3.63, 3.8) is 0 Å². The van der Waals surface area contributed by atoms with Crippen LogP contribution in [0.3, 0.4) is 0 Å². The van der Waals surface area contributed by atoms with E-state index in [0.717, 1.165) is 25.3 Å². The second-order valence-electron chi connectivity index (χ2n) is 5.53. The Bertz CT molecular complexity index is 368. The molecule has 2 N–H and O–H groups in total. The molecule has 0 spiro atoms. The molecule has 120 valence electrons. The maximum atomic E-state index is 5.87. The van der Waals surface area contributed by atoms with Crippen LogP contribution in [0, 0.1) is 0 Å². The first kappa shape index (κ1) is 18.0. The van der Waals surface area contributed by atoms with Gasteiger partial charge in [-0.25, -0.2) is 0 Å². The first-order chi connectivity index (χ1) is 10.3. The molecular formula is C18H32NO2+. The van der Waals surface area contributed by atoms with Crippen LogP contribution in [0.2, 0.25) is 0 Å². The van der Waals surface area contributed by atoms with Crippen molar-refractivity contribution in [2.45, 2.75) is 46.0 Å². The Morgan fingerprint density at radius 2 is 1.86 bits per heavy atom. The summed E-state index contributed by atoms with van der Waals surface area (Å²) in [6, 6.07) is 8.33. The second-order valence-corrected chi connectivity index (χ2v) is 5.53. The van der Waals surface area contributed by atoms with Crippen molar-refractivity contribution in [3.8, 4) is 5.75 Å².